The summed E-state index contributed by atoms with van der Waals surface area (Å²) in [6.45, 7) is 6.69. The third-order valence-electron chi connectivity index (χ3n) is 16.1. The van der Waals surface area contributed by atoms with Crippen molar-refractivity contribution < 1.29 is 28.6 Å². The predicted octanol–water partition coefficient (Wildman–Crippen LogP) is 24.3. The molecule has 0 aromatic carbocycles. The fraction of sp³-hybridized carbons (Fsp3) is 0.877. The molecule has 0 heterocycles. The third-order valence-corrected chi connectivity index (χ3v) is 16.1. The molecule has 0 aliphatic rings. The van der Waals surface area contributed by atoms with Crippen molar-refractivity contribution in [2.24, 2.45) is 0 Å². The molecule has 464 valence electrons. The van der Waals surface area contributed by atoms with E-state index in [2.05, 4.69) is 57.2 Å². The fourth-order valence-corrected chi connectivity index (χ4v) is 10.8. The molecule has 1 unspecified atom stereocenters. The minimum absolute atomic E-state index is 0.0649. The number of ether oxygens (including phenoxy) is 3. The summed E-state index contributed by atoms with van der Waals surface area (Å²) in [6.07, 6.45) is 84.7. The molecule has 0 N–H and O–H groups in total. The number of allylic oxidation sites excluding steroid dienone is 6. The molecule has 0 saturated carbocycles. The Morgan fingerprint density at radius 1 is 0.253 bits per heavy atom. The second kappa shape index (κ2) is 68.1. The molecule has 0 aromatic heterocycles. The van der Waals surface area contributed by atoms with Crippen molar-refractivity contribution in [2.45, 2.75) is 399 Å². The smallest absolute Gasteiger partial charge is 0.306 e. The van der Waals surface area contributed by atoms with Crippen LogP contribution in [-0.4, -0.2) is 37.2 Å². The van der Waals surface area contributed by atoms with Crippen LogP contribution in [0.1, 0.15) is 393 Å². The highest BCUT2D eigenvalue weighted by atomic mass is 16.6. The van der Waals surface area contributed by atoms with Gasteiger partial charge < -0.3 is 14.2 Å². The van der Waals surface area contributed by atoms with Crippen LogP contribution >= 0.6 is 0 Å². The Morgan fingerprint density at radius 2 is 0.456 bits per heavy atom. The van der Waals surface area contributed by atoms with E-state index in [1.165, 1.54) is 283 Å². The first-order valence-electron chi connectivity index (χ1n) is 35.5. The second-order valence-corrected chi connectivity index (χ2v) is 24.2. The van der Waals surface area contributed by atoms with Gasteiger partial charge in [0.25, 0.3) is 0 Å². The SMILES string of the molecule is CCCCCCC/C=C\C/C=C\C/C=C\CCCCCCCCCCCCCCCCCCC(=O)OCC(COC(=O)CCCCCCCCCCCCC)OC(=O)CCCCCCCCCCCCCCCCCCCCC. The number of carbonyl (C=O) groups excluding carboxylic acids is 3. The average Bonchev–Trinajstić information content (AvgIpc) is 3.45. The van der Waals surface area contributed by atoms with Crippen LogP contribution in [0.5, 0.6) is 0 Å². The number of carbonyl (C=O) groups is 3. The molecule has 0 spiro atoms. The molecule has 0 fully saturated rings. The standard InChI is InChI=1S/C73H136O6/c1-4-7-10-13-16-19-22-24-26-28-30-31-32-33-34-35-36-37-38-39-40-41-43-44-46-48-51-54-57-60-63-66-72(75)78-69-70(68-77-71(74)65-62-59-56-53-50-21-18-15-12-9-6-3)79-73(76)67-64-61-58-55-52-49-47-45-42-29-27-25-23-20-17-14-11-8-5-2/h22,24,28,30,32-33,70H,4-21,23,25-27,29,31,34-69H2,1-3H3/b24-22-,30-28-,33-32-. The van der Waals surface area contributed by atoms with Gasteiger partial charge in [0.15, 0.2) is 6.10 Å². The zero-order valence-electron chi connectivity index (χ0n) is 53.4. The van der Waals surface area contributed by atoms with Crippen LogP contribution in [0, 0.1) is 0 Å². The Labute approximate surface area is 493 Å². The molecule has 0 amide bonds. The molecule has 0 aliphatic carbocycles. The minimum atomic E-state index is -0.767. The summed E-state index contributed by atoms with van der Waals surface area (Å²) >= 11 is 0. The van der Waals surface area contributed by atoms with Crippen molar-refractivity contribution in [3.63, 3.8) is 0 Å². The van der Waals surface area contributed by atoms with Gasteiger partial charge in [-0.2, -0.15) is 0 Å². The van der Waals surface area contributed by atoms with Gasteiger partial charge in [0.1, 0.15) is 13.2 Å². The summed E-state index contributed by atoms with van der Waals surface area (Å²) in [4.78, 5) is 38.3. The van der Waals surface area contributed by atoms with Crippen LogP contribution in [-0.2, 0) is 28.6 Å². The molecule has 0 radical (unpaired) electrons. The van der Waals surface area contributed by atoms with Gasteiger partial charge in [-0.25, -0.2) is 0 Å². The van der Waals surface area contributed by atoms with Crippen LogP contribution in [0.3, 0.4) is 0 Å². The summed E-state index contributed by atoms with van der Waals surface area (Å²) in [6, 6.07) is 0. The Bertz CT molecular complexity index is 1320. The Kier molecular flexibility index (Phi) is 66.1. The predicted molar refractivity (Wildman–Crippen MR) is 344 cm³/mol. The van der Waals surface area contributed by atoms with E-state index < -0.39 is 6.10 Å². The Morgan fingerprint density at radius 3 is 0.709 bits per heavy atom. The first-order chi connectivity index (χ1) is 39.0. The van der Waals surface area contributed by atoms with Gasteiger partial charge in [-0.1, -0.05) is 353 Å². The highest BCUT2D eigenvalue weighted by Crippen LogP contribution is 2.19. The van der Waals surface area contributed by atoms with E-state index in [0.29, 0.717) is 19.3 Å². The maximum absolute atomic E-state index is 12.9. The molecule has 6 heteroatoms. The van der Waals surface area contributed by atoms with Gasteiger partial charge >= 0.3 is 17.9 Å². The molecule has 6 nitrogen and oxygen atoms in total. The van der Waals surface area contributed by atoms with Crippen LogP contribution in [0.2, 0.25) is 0 Å². The summed E-state index contributed by atoms with van der Waals surface area (Å²) in [5.41, 5.74) is 0. The quantitative estimate of drug-likeness (QED) is 0.0261. The largest absolute Gasteiger partial charge is 0.462 e. The number of rotatable bonds is 66. The molecule has 79 heavy (non-hydrogen) atoms. The summed E-state index contributed by atoms with van der Waals surface area (Å²) in [5.74, 6) is -0.836. The average molecular weight is 1110 g/mol. The van der Waals surface area contributed by atoms with E-state index in [1.807, 2.05) is 0 Å². The van der Waals surface area contributed by atoms with Crippen LogP contribution in [0.25, 0.3) is 0 Å². The maximum Gasteiger partial charge on any atom is 0.306 e. The van der Waals surface area contributed by atoms with Crippen LogP contribution in [0.15, 0.2) is 36.5 Å². The van der Waals surface area contributed by atoms with Gasteiger partial charge in [0, 0.05) is 19.3 Å². The Balaban J connectivity index is 4.12. The van der Waals surface area contributed by atoms with Crippen molar-refractivity contribution in [3.05, 3.63) is 36.5 Å². The van der Waals surface area contributed by atoms with Gasteiger partial charge in [0.2, 0.25) is 0 Å². The number of hydrogen-bond donors (Lipinski definition) is 0. The van der Waals surface area contributed by atoms with Crippen LogP contribution in [0.4, 0.5) is 0 Å². The van der Waals surface area contributed by atoms with E-state index in [1.54, 1.807) is 0 Å². The zero-order chi connectivity index (χ0) is 57.1. The van der Waals surface area contributed by atoms with Gasteiger partial charge in [-0.3, -0.25) is 14.4 Å². The van der Waals surface area contributed by atoms with Gasteiger partial charge in [0.05, 0.1) is 0 Å². The summed E-state index contributed by atoms with van der Waals surface area (Å²) in [7, 11) is 0. The van der Waals surface area contributed by atoms with Crippen molar-refractivity contribution in [3.8, 4) is 0 Å². The van der Waals surface area contributed by atoms with Crippen molar-refractivity contribution in [1.29, 1.82) is 0 Å². The van der Waals surface area contributed by atoms with E-state index in [0.717, 1.165) is 70.6 Å². The lowest BCUT2D eigenvalue weighted by atomic mass is 10.0. The summed E-state index contributed by atoms with van der Waals surface area (Å²) < 4.78 is 17.0. The first kappa shape index (κ1) is 76.6. The molecule has 0 aromatic rings. The topological polar surface area (TPSA) is 78.9 Å². The molecular formula is C73H136O6. The van der Waals surface area contributed by atoms with Crippen LogP contribution < -0.4 is 0 Å². The van der Waals surface area contributed by atoms with Gasteiger partial charge in [-0.15, -0.1) is 0 Å². The Hall–Kier alpha value is -2.37. The van der Waals surface area contributed by atoms with Crippen molar-refractivity contribution in [1.82, 2.24) is 0 Å². The highest BCUT2D eigenvalue weighted by molar-refractivity contribution is 5.71. The minimum Gasteiger partial charge on any atom is -0.462 e. The lowest BCUT2D eigenvalue weighted by molar-refractivity contribution is -0.167. The lowest BCUT2D eigenvalue weighted by Gasteiger charge is -2.18. The van der Waals surface area contributed by atoms with E-state index in [9.17, 15) is 14.4 Å². The fourth-order valence-electron chi connectivity index (χ4n) is 10.8. The van der Waals surface area contributed by atoms with Crippen molar-refractivity contribution >= 4 is 17.9 Å². The molecular weight excluding hydrogens is 973 g/mol. The normalized spacial score (nSPS) is 12.2. The zero-order valence-corrected chi connectivity index (χ0v) is 53.4. The number of hydrogen-bond acceptors (Lipinski definition) is 6. The van der Waals surface area contributed by atoms with Gasteiger partial charge in [-0.05, 0) is 57.8 Å². The maximum atomic E-state index is 12.9. The molecule has 0 bridgehead atoms. The second-order valence-electron chi connectivity index (χ2n) is 24.2. The van der Waals surface area contributed by atoms with E-state index in [4.69, 9.17) is 14.2 Å². The summed E-state index contributed by atoms with van der Waals surface area (Å²) in [5, 5.41) is 0. The number of unbranched alkanes of at least 4 members (excludes halogenated alkanes) is 49. The van der Waals surface area contributed by atoms with E-state index in [-0.39, 0.29) is 31.1 Å². The first-order valence-corrected chi connectivity index (χ1v) is 35.5. The third kappa shape index (κ3) is 66.3. The van der Waals surface area contributed by atoms with E-state index >= 15 is 0 Å². The van der Waals surface area contributed by atoms with Crippen molar-refractivity contribution in [2.75, 3.05) is 13.2 Å². The molecule has 0 aliphatic heterocycles. The molecule has 1 atom stereocenters. The highest BCUT2D eigenvalue weighted by Gasteiger charge is 2.19. The number of esters is 3. The molecule has 0 saturated heterocycles. The molecule has 0 rings (SSSR count). The lowest BCUT2D eigenvalue weighted by Crippen LogP contribution is -2.30. The monoisotopic (exact) mass is 1110 g/mol.